The van der Waals surface area contributed by atoms with Crippen LogP contribution in [0.3, 0.4) is 0 Å². The quantitative estimate of drug-likeness (QED) is 0.266. The number of quaternary nitrogens is 1. The van der Waals surface area contributed by atoms with E-state index < -0.39 is 41.6 Å². The zero-order valence-corrected chi connectivity index (χ0v) is 13.8. The second kappa shape index (κ2) is 9.72. The van der Waals surface area contributed by atoms with Gasteiger partial charge in [-0.1, -0.05) is 0 Å². The molecule has 0 spiro atoms. The standard InChI is InChI=1S/Er.H3N.2H2O7S2/c;;2*1-8(2,3)7-9(4,5)6/h;1H3;2*(H,1,2,3)(H,4,5,6)/q+3;;;/p-3. The van der Waals surface area contributed by atoms with Crippen LogP contribution in [0.5, 0.6) is 0 Å². The Morgan fingerprint density at radius 2 is 0.600 bits per heavy atom. The molecule has 20 heteroatoms. The molecule has 0 aliphatic carbocycles. The summed E-state index contributed by atoms with van der Waals surface area (Å²) in [5, 5.41) is 0. The summed E-state index contributed by atoms with van der Waals surface area (Å²) < 4.78 is 116. The van der Waals surface area contributed by atoms with Gasteiger partial charge in [0.25, 0.3) is 0 Å². The molecule has 0 aromatic heterocycles. The van der Waals surface area contributed by atoms with E-state index in [1.54, 1.807) is 0 Å². The zero-order valence-electron chi connectivity index (χ0n) is 8.64. The van der Waals surface area contributed by atoms with E-state index >= 15 is 0 Å². The van der Waals surface area contributed by atoms with Crippen LogP contribution < -0.4 is 6.15 Å². The van der Waals surface area contributed by atoms with Gasteiger partial charge in [0.1, 0.15) is 0 Å². The van der Waals surface area contributed by atoms with E-state index in [9.17, 15) is 51.9 Å². The fraction of sp³-hybridized carbons (Fsp3) is 0. The van der Waals surface area contributed by atoms with Gasteiger partial charge in [0.05, 0.1) is 0 Å². The van der Waals surface area contributed by atoms with Crippen molar-refractivity contribution in [2.24, 2.45) is 0 Å². The molecule has 0 aromatic rings. The van der Waals surface area contributed by atoms with E-state index in [1.165, 1.54) is 0 Å². The van der Waals surface area contributed by atoms with E-state index in [0.29, 0.717) is 0 Å². The topological polar surface area (TPSA) is 284 Å². The van der Waals surface area contributed by atoms with Crippen LogP contribution >= 0.6 is 0 Å². The van der Waals surface area contributed by atoms with Gasteiger partial charge in [-0.25, -0.2) is 33.7 Å². The number of rotatable bonds is 4. The summed E-state index contributed by atoms with van der Waals surface area (Å²) in [6.07, 6.45) is 0. The Hall–Kier alpha value is 0.767. The third-order valence-electron chi connectivity index (χ3n) is 0.333. The predicted molar refractivity (Wildman–Crippen MR) is 46.9 cm³/mol. The molecule has 0 fully saturated rings. The first-order valence-corrected chi connectivity index (χ1v) is 8.00. The molecule has 15 nitrogen and oxygen atoms in total. The average molecular weight is 538 g/mol. The van der Waals surface area contributed by atoms with E-state index in [2.05, 4.69) is 7.26 Å². The summed E-state index contributed by atoms with van der Waals surface area (Å²) in [4.78, 5) is 0. The predicted octanol–water partition coefficient (Wildman–Crippen LogP) is -3.78. The Bertz CT molecular complexity index is 537. The van der Waals surface area contributed by atoms with E-state index in [0.717, 1.165) is 0 Å². The van der Waals surface area contributed by atoms with Crippen LogP contribution in [-0.2, 0) is 48.9 Å². The maximum Gasteiger partial charge on any atom is 3.00 e. The van der Waals surface area contributed by atoms with Crippen LogP contribution in [-0.4, -0.2) is 51.9 Å². The largest absolute Gasteiger partial charge is 3.00 e. The van der Waals surface area contributed by atoms with Gasteiger partial charge in [-0.2, -0.15) is 7.26 Å². The maximum atomic E-state index is 9.29. The van der Waals surface area contributed by atoms with Crippen LogP contribution in [0.25, 0.3) is 0 Å². The van der Waals surface area contributed by atoms with Crippen molar-refractivity contribution in [2.75, 3.05) is 0 Å². The van der Waals surface area contributed by atoms with Crippen LogP contribution in [0, 0.1) is 37.3 Å². The Labute approximate surface area is 143 Å². The average Bonchev–Trinajstić information content (AvgIpc) is 1.64. The maximum absolute atomic E-state index is 9.29. The number of hydrogen-bond donors (Lipinski definition) is 1. The molecule has 0 saturated carbocycles. The Balaban J connectivity index is -0.000000116. The molecule has 1 radical (unpaired) electrons. The molecule has 4 N–H and O–H groups in total. The van der Waals surface area contributed by atoms with Crippen LogP contribution in [0.2, 0.25) is 0 Å². The van der Waals surface area contributed by atoms with Gasteiger partial charge < -0.3 is 24.4 Å². The van der Waals surface area contributed by atoms with Crippen molar-refractivity contribution in [3.05, 3.63) is 0 Å². The van der Waals surface area contributed by atoms with Gasteiger partial charge in [-0.3, -0.25) is 0 Å². The molecule has 20 heavy (non-hydrogen) atoms. The minimum atomic E-state index is -5.43. The SMILES string of the molecule is O=S(=O)([O-])OS(=O)(=O)[O-].O=S(=O)([O-])OS(=O)(=O)[O-].[Er+3].[NH4+]. The third-order valence-corrected chi connectivity index (χ3v) is 3.00. The molecule has 129 valence electrons. The van der Waals surface area contributed by atoms with E-state index in [4.69, 9.17) is 0 Å². The Morgan fingerprint density at radius 3 is 0.600 bits per heavy atom. The van der Waals surface area contributed by atoms with Crippen molar-refractivity contribution >= 4 is 41.6 Å². The molecule has 0 rings (SSSR count). The normalized spacial score (nSPS) is 12.2. The van der Waals surface area contributed by atoms with Gasteiger partial charge in [-0.15, -0.1) is 0 Å². The van der Waals surface area contributed by atoms with Gasteiger partial charge in [0, 0.05) is 0 Å². The Morgan fingerprint density at radius 1 is 0.500 bits per heavy atom. The van der Waals surface area contributed by atoms with Crippen molar-refractivity contribution in [2.45, 2.75) is 0 Å². The summed E-state index contributed by atoms with van der Waals surface area (Å²) in [6, 6.07) is 0. The zero-order chi connectivity index (χ0) is 15.4. The molecule has 0 amide bonds. The van der Waals surface area contributed by atoms with Crippen molar-refractivity contribution in [3.63, 3.8) is 0 Å². The van der Waals surface area contributed by atoms with Gasteiger partial charge in [0.2, 0.25) is 41.6 Å². The van der Waals surface area contributed by atoms with Crippen LogP contribution in [0.1, 0.15) is 0 Å². The molecule has 0 heterocycles. The smallest absolute Gasteiger partial charge is 0.725 e. The summed E-state index contributed by atoms with van der Waals surface area (Å²) in [5.74, 6) is 0. The summed E-state index contributed by atoms with van der Waals surface area (Å²) in [7, 11) is -21.7. The fourth-order valence-electron chi connectivity index (χ4n) is 0.204. The van der Waals surface area contributed by atoms with Crippen molar-refractivity contribution in [1.29, 1.82) is 0 Å². The Kier molecular flexibility index (Phi) is 14.0. The molecule has 0 aromatic carbocycles. The van der Waals surface area contributed by atoms with Crippen molar-refractivity contribution in [3.8, 4) is 0 Å². The molecule has 0 bridgehead atoms. The molecule has 0 unspecified atom stereocenters. The molecule has 0 saturated heterocycles. The first kappa shape index (κ1) is 28.9. The van der Waals surface area contributed by atoms with E-state index in [1.807, 2.05) is 0 Å². The van der Waals surface area contributed by atoms with Crippen LogP contribution in [0.15, 0.2) is 0 Å². The first-order valence-electron chi connectivity index (χ1n) is 2.67. The number of hydrogen-bond acceptors (Lipinski definition) is 14. The van der Waals surface area contributed by atoms with Crippen molar-refractivity contribution in [1.82, 2.24) is 6.15 Å². The minimum absolute atomic E-state index is 0. The third kappa shape index (κ3) is 36.3. The van der Waals surface area contributed by atoms with E-state index in [-0.39, 0.29) is 43.5 Å². The monoisotopic (exact) mass is 536 g/mol. The van der Waals surface area contributed by atoms with Crippen molar-refractivity contribution < 1.29 is 96.4 Å². The first-order chi connectivity index (χ1) is 7.41. The second-order valence-corrected chi connectivity index (χ2v) is 6.12. The summed E-state index contributed by atoms with van der Waals surface area (Å²) in [6.45, 7) is 0. The summed E-state index contributed by atoms with van der Waals surface area (Å²) in [5.41, 5.74) is 0. The second-order valence-electron chi connectivity index (χ2n) is 1.77. The van der Waals surface area contributed by atoms with Gasteiger partial charge in [-0.05, 0) is 0 Å². The molecular formula is H4ErNO14S4. The molecule has 0 atom stereocenters. The molecule has 0 aliphatic heterocycles. The minimum Gasteiger partial charge on any atom is -0.725 e. The van der Waals surface area contributed by atoms with Crippen LogP contribution in [0.4, 0.5) is 0 Å². The molecular weight excluding hydrogens is 534 g/mol. The van der Waals surface area contributed by atoms with Gasteiger partial charge >= 0.3 is 37.3 Å². The van der Waals surface area contributed by atoms with Gasteiger partial charge in [0.15, 0.2) is 0 Å². The molecule has 0 aliphatic rings. The fourth-order valence-corrected chi connectivity index (χ4v) is 1.84. The summed E-state index contributed by atoms with van der Waals surface area (Å²) >= 11 is 0.